The lowest BCUT2D eigenvalue weighted by molar-refractivity contribution is 0.281. The molecule has 1 aliphatic rings. The molecule has 2 rings (SSSR count). The smallest absolute Gasteiger partial charge is 0.255 e. The molecule has 0 N–H and O–H groups in total. The molecule has 1 saturated carbocycles. The van der Waals surface area contributed by atoms with Crippen molar-refractivity contribution in [2.24, 2.45) is 5.92 Å². The SMILES string of the molecule is CCCCCCCCOc1ccc(C2CCC(CCCCC)CC2)nc1F. The van der Waals surface area contributed by atoms with Gasteiger partial charge in [0, 0.05) is 11.6 Å². The Labute approximate surface area is 166 Å². The Bertz CT molecular complexity index is 511. The summed E-state index contributed by atoms with van der Waals surface area (Å²) >= 11 is 0. The first kappa shape index (κ1) is 22.2. The Morgan fingerprint density at radius 1 is 0.889 bits per heavy atom. The van der Waals surface area contributed by atoms with Crippen LogP contribution in [-0.2, 0) is 0 Å². The summed E-state index contributed by atoms with van der Waals surface area (Å²) in [7, 11) is 0. The molecule has 2 nitrogen and oxygen atoms in total. The number of hydrogen-bond acceptors (Lipinski definition) is 2. The van der Waals surface area contributed by atoms with E-state index in [4.69, 9.17) is 4.74 Å². The van der Waals surface area contributed by atoms with Gasteiger partial charge < -0.3 is 4.74 Å². The van der Waals surface area contributed by atoms with Gasteiger partial charge in [-0.2, -0.15) is 4.39 Å². The summed E-state index contributed by atoms with van der Waals surface area (Å²) < 4.78 is 19.9. The quantitative estimate of drug-likeness (QED) is 0.258. The fourth-order valence-electron chi connectivity index (χ4n) is 4.26. The molecule has 1 heterocycles. The number of hydrogen-bond donors (Lipinski definition) is 0. The van der Waals surface area contributed by atoms with E-state index in [1.54, 1.807) is 6.07 Å². The van der Waals surface area contributed by atoms with Crippen molar-refractivity contribution in [3.8, 4) is 5.75 Å². The zero-order valence-corrected chi connectivity index (χ0v) is 17.6. The average molecular weight is 378 g/mol. The van der Waals surface area contributed by atoms with Crippen molar-refractivity contribution >= 4 is 0 Å². The fourth-order valence-corrected chi connectivity index (χ4v) is 4.26. The van der Waals surface area contributed by atoms with Crippen molar-refractivity contribution in [1.29, 1.82) is 0 Å². The van der Waals surface area contributed by atoms with Gasteiger partial charge in [-0.25, -0.2) is 4.98 Å². The third-order valence-corrected chi connectivity index (χ3v) is 6.07. The number of halogens is 1. The number of nitrogens with zero attached hydrogens (tertiary/aromatic N) is 1. The van der Waals surface area contributed by atoms with Crippen LogP contribution in [0.1, 0.15) is 115 Å². The summed E-state index contributed by atoms with van der Waals surface area (Å²) in [5, 5.41) is 0. The number of ether oxygens (including phenoxy) is 1. The normalized spacial score (nSPS) is 20.0. The van der Waals surface area contributed by atoms with Crippen LogP contribution in [0.25, 0.3) is 0 Å². The van der Waals surface area contributed by atoms with Crippen LogP contribution in [0, 0.1) is 11.9 Å². The highest BCUT2D eigenvalue weighted by Crippen LogP contribution is 2.37. The van der Waals surface area contributed by atoms with E-state index in [1.807, 2.05) is 6.07 Å². The van der Waals surface area contributed by atoms with Crippen LogP contribution in [0.3, 0.4) is 0 Å². The number of aromatic nitrogens is 1. The molecule has 27 heavy (non-hydrogen) atoms. The van der Waals surface area contributed by atoms with Gasteiger partial charge in [0.05, 0.1) is 6.61 Å². The second-order valence-electron chi connectivity index (χ2n) is 8.35. The Kier molecular flexibility index (Phi) is 10.8. The Morgan fingerprint density at radius 2 is 1.56 bits per heavy atom. The molecular formula is C24H40FNO. The van der Waals surface area contributed by atoms with Gasteiger partial charge in [0.15, 0.2) is 5.75 Å². The molecule has 1 fully saturated rings. The maximum absolute atomic E-state index is 14.3. The van der Waals surface area contributed by atoms with Crippen molar-refractivity contribution in [1.82, 2.24) is 4.98 Å². The fraction of sp³-hybridized carbons (Fsp3) is 0.792. The summed E-state index contributed by atoms with van der Waals surface area (Å²) in [6.07, 6.45) is 17.5. The maximum Gasteiger partial charge on any atom is 0.255 e. The highest BCUT2D eigenvalue weighted by atomic mass is 19.1. The summed E-state index contributed by atoms with van der Waals surface area (Å²) in [5.74, 6) is 1.19. The molecule has 0 atom stereocenters. The van der Waals surface area contributed by atoms with E-state index in [9.17, 15) is 4.39 Å². The first-order valence-electron chi connectivity index (χ1n) is 11.5. The highest BCUT2D eigenvalue weighted by Gasteiger charge is 2.23. The summed E-state index contributed by atoms with van der Waals surface area (Å²) in [4.78, 5) is 4.25. The molecule has 0 spiro atoms. The van der Waals surface area contributed by atoms with Gasteiger partial charge in [-0.15, -0.1) is 0 Å². The van der Waals surface area contributed by atoms with Crippen molar-refractivity contribution in [2.45, 2.75) is 110 Å². The predicted octanol–water partition coefficient (Wildman–Crippen LogP) is 7.81. The van der Waals surface area contributed by atoms with Gasteiger partial charge in [0.25, 0.3) is 5.95 Å². The second kappa shape index (κ2) is 13.1. The lowest BCUT2D eigenvalue weighted by Gasteiger charge is -2.28. The average Bonchev–Trinajstić information content (AvgIpc) is 2.69. The lowest BCUT2D eigenvalue weighted by atomic mass is 9.78. The van der Waals surface area contributed by atoms with E-state index >= 15 is 0 Å². The van der Waals surface area contributed by atoms with Gasteiger partial charge in [-0.05, 0) is 50.2 Å². The van der Waals surface area contributed by atoms with Crippen molar-refractivity contribution < 1.29 is 9.13 Å². The second-order valence-corrected chi connectivity index (χ2v) is 8.35. The zero-order chi connectivity index (χ0) is 19.3. The van der Waals surface area contributed by atoms with Crippen molar-refractivity contribution in [2.75, 3.05) is 6.61 Å². The van der Waals surface area contributed by atoms with Gasteiger partial charge in [-0.3, -0.25) is 0 Å². The monoisotopic (exact) mass is 377 g/mol. The van der Waals surface area contributed by atoms with E-state index in [0.717, 1.165) is 37.3 Å². The molecule has 0 bridgehead atoms. The summed E-state index contributed by atoms with van der Waals surface area (Å²) in [5.41, 5.74) is 0.923. The standard InChI is InChI=1S/C24H40FNO/c1-3-5-7-8-9-11-19-27-23-18-17-22(26-24(23)25)21-15-13-20(14-16-21)12-10-6-4-2/h17-18,20-21H,3-16,19H2,1-2H3. The molecule has 154 valence electrons. The molecular weight excluding hydrogens is 337 g/mol. The number of pyridine rings is 1. The summed E-state index contributed by atoms with van der Waals surface area (Å²) in [6.45, 7) is 5.08. The lowest BCUT2D eigenvalue weighted by Crippen LogP contribution is -2.15. The molecule has 0 aromatic carbocycles. The van der Waals surface area contributed by atoms with E-state index in [-0.39, 0.29) is 0 Å². The highest BCUT2D eigenvalue weighted by molar-refractivity contribution is 5.23. The van der Waals surface area contributed by atoms with Crippen molar-refractivity contribution in [3.63, 3.8) is 0 Å². The number of unbranched alkanes of at least 4 members (excludes halogenated alkanes) is 7. The first-order valence-corrected chi connectivity index (χ1v) is 11.5. The minimum atomic E-state index is -0.427. The van der Waals surface area contributed by atoms with Crippen LogP contribution < -0.4 is 4.74 Å². The van der Waals surface area contributed by atoms with E-state index in [1.165, 1.54) is 64.2 Å². The number of rotatable bonds is 13. The topological polar surface area (TPSA) is 22.1 Å². The van der Waals surface area contributed by atoms with Gasteiger partial charge >= 0.3 is 0 Å². The van der Waals surface area contributed by atoms with Gasteiger partial charge in [0.2, 0.25) is 0 Å². The third kappa shape index (κ3) is 8.19. The van der Waals surface area contributed by atoms with Crippen LogP contribution in [0.15, 0.2) is 12.1 Å². The summed E-state index contributed by atoms with van der Waals surface area (Å²) in [6, 6.07) is 3.78. The molecule has 3 heteroatoms. The first-order chi connectivity index (χ1) is 13.2. The van der Waals surface area contributed by atoms with Gasteiger partial charge in [-0.1, -0.05) is 71.6 Å². The van der Waals surface area contributed by atoms with Gasteiger partial charge in [0.1, 0.15) is 0 Å². The molecule has 0 amide bonds. The maximum atomic E-state index is 14.3. The third-order valence-electron chi connectivity index (χ3n) is 6.07. The Morgan fingerprint density at radius 3 is 2.26 bits per heavy atom. The van der Waals surface area contributed by atoms with Crippen LogP contribution in [0.2, 0.25) is 0 Å². The molecule has 0 saturated heterocycles. The van der Waals surface area contributed by atoms with Crippen LogP contribution in [-0.4, -0.2) is 11.6 Å². The van der Waals surface area contributed by atoms with Crippen LogP contribution >= 0.6 is 0 Å². The zero-order valence-electron chi connectivity index (χ0n) is 17.6. The van der Waals surface area contributed by atoms with E-state index in [0.29, 0.717) is 18.3 Å². The van der Waals surface area contributed by atoms with E-state index in [2.05, 4.69) is 18.8 Å². The largest absolute Gasteiger partial charge is 0.489 e. The molecule has 0 aliphatic heterocycles. The molecule has 0 unspecified atom stereocenters. The van der Waals surface area contributed by atoms with Crippen LogP contribution in [0.5, 0.6) is 5.75 Å². The molecule has 1 aromatic heterocycles. The molecule has 1 aliphatic carbocycles. The Balaban J connectivity index is 1.70. The molecule has 0 radical (unpaired) electrons. The van der Waals surface area contributed by atoms with Crippen molar-refractivity contribution in [3.05, 3.63) is 23.8 Å². The Hall–Kier alpha value is -1.12. The minimum Gasteiger partial charge on any atom is -0.489 e. The van der Waals surface area contributed by atoms with Crippen LogP contribution in [0.4, 0.5) is 4.39 Å². The van der Waals surface area contributed by atoms with E-state index < -0.39 is 5.95 Å². The predicted molar refractivity (Wildman–Crippen MR) is 112 cm³/mol. The minimum absolute atomic E-state index is 0.320. The molecule has 1 aromatic rings.